The van der Waals surface area contributed by atoms with Crippen molar-refractivity contribution in [3.05, 3.63) is 24.3 Å². The SMILES string of the molecule is CCC(CC)C(=O)Nc1ccccc1OCC(=O)O. The zero-order valence-corrected chi connectivity index (χ0v) is 11.2. The highest BCUT2D eigenvalue weighted by Crippen LogP contribution is 2.24. The normalized spacial score (nSPS) is 10.3. The summed E-state index contributed by atoms with van der Waals surface area (Å²) in [5.74, 6) is -0.811. The molecule has 0 radical (unpaired) electrons. The van der Waals surface area contributed by atoms with Crippen molar-refractivity contribution in [2.45, 2.75) is 26.7 Å². The number of ether oxygens (including phenoxy) is 1. The molecule has 2 N–H and O–H groups in total. The number of para-hydroxylation sites is 2. The number of aliphatic carboxylic acids is 1. The predicted octanol–water partition coefficient (Wildman–Crippen LogP) is 2.52. The van der Waals surface area contributed by atoms with Crippen LogP contribution in [0.25, 0.3) is 0 Å². The second-order valence-electron chi connectivity index (χ2n) is 4.18. The molecule has 0 aliphatic rings. The maximum absolute atomic E-state index is 12.0. The van der Waals surface area contributed by atoms with Crippen LogP contribution in [0.4, 0.5) is 5.69 Å². The van der Waals surface area contributed by atoms with Crippen LogP contribution in [-0.2, 0) is 9.59 Å². The Labute approximate surface area is 112 Å². The van der Waals surface area contributed by atoms with Gasteiger partial charge in [-0.3, -0.25) is 4.79 Å². The number of amides is 1. The van der Waals surface area contributed by atoms with E-state index in [2.05, 4.69) is 5.32 Å². The summed E-state index contributed by atoms with van der Waals surface area (Å²) in [6.07, 6.45) is 1.53. The highest BCUT2D eigenvalue weighted by molar-refractivity contribution is 5.93. The fourth-order valence-electron chi connectivity index (χ4n) is 1.73. The van der Waals surface area contributed by atoms with Crippen molar-refractivity contribution in [1.82, 2.24) is 0 Å². The van der Waals surface area contributed by atoms with E-state index in [1.807, 2.05) is 13.8 Å². The standard InChI is InChI=1S/C14H19NO4/c1-3-10(4-2)14(18)15-11-7-5-6-8-12(11)19-9-13(16)17/h5-8,10H,3-4,9H2,1-2H3,(H,15,18)(H,16,17). The lowest BCUT2D eigenvalue weighted by Gasteiger charge is -2.15. The number of hydrogen-bond donors (Lipinski definition) is 2. The number of carboxylic acid groups (broad SMARTS) is 1. The fraction of sp³-hybridized carbons (Fsp3) is 0.429. The zero-order valence-electron chi connectivity index (χ0n) is 11.2. The molecule has 0 aliphatic heterocycles. The molecular weight excluding hydrogens is 246 g/mol. The average molecular weight is 265 g/mol. The van der Waals surface area contributed by atoms with Crippen LogP contribution in [0, 0.1) is 5.92 Å². The molecule has 104 valence electrons. The first-order chi connectivity index (χ1) is 9.08. The summed E-state index contributed by atoms with van der Waals surface area (Å²) in [6, 6.07) is 6.81. The molecule has 1 rings (SSSR count). The van der Waals surface area contributed by atoms with Gasteiger partial charge in [0.05, 0.1) is 5.69 Å². The minimum Gasteiger partial charge on any atom is -0.480 e. The number of carbonyl (C=O) groups excluding carboxylic acids is 1. The third-order valence-corrected chi connectivity index (χ3v) is 2.85. The highest BCUT2D eigenvalue weighted by atomic mass is 16.5. The molecule has 19 heavy (non-hydrogen) atoms. The molecule has 0 spiro atoms. The van der Waals surface area contributed by atoms with E-state index in [1.165, 1.54) is 0 Å². The lowest BCUT2D eigenvalue weighted by atomic mass is 10.0. The van der Waals surface area contributed by atoms with Crippen molar-refractivity contribution < 1.29 is 19.4 Å². The van der Waals surface area contributed by atoms with Gasteiger partial charge in [0.15, 0.2) is 6.61 Å². The highest BCUT2D eigenvalue weighted by Gasteiger charge is 2.16. The second kappa shape index (κ2) is 7.41. The Bertz CT molecular complexity index is 441. The number of carbonyl (C=O) groups is 2. The maximum atomic E-state index is 12.0. The molecule has 0 saturated heterocycles. The van der Waals surface area contributed by atoms with Gasteiger partial charge in [-0.1, -0.05) is 26.0 Å². The number of benzene rings is 1. The van der Waals surface area contributed by atoms with Crippen molar-refractivity contribution >= 4 is 17.6 Å². The van der Waals surface area contributed by atoms with Crippen LogP contribution in [0.5, 0.6) is 5.75 Å². The van der Waals surface area contributed by atoms with Crippen molar-refractivity contribution in [3.8, 4) is 5.75 Å². The lowest BCUT2D eigenvalue weighted by molar-refractivity contribution is -0.139. The third-order valence-electron chi connectivity index (χ3n) is 2.85. The van der Waals surface area contributed by atoms with Crippen LogP contribution in [0.1, 0.15) is 26.7 Å². The molecule has 0 heterocycles. The molecule has 0 saturated carbocycles. The Kier molecular flexibility index (Phi) is 5.85. The molecular formula is C14H19NO4. The molecule has 0 atom stereocenters. The van der Waals surface area contributed by atoms with Crippen LogP contribution in [0.15, 0.2) is 24.3 Å². The van der Waals surface area contributed by atoms with E-state index in [1.54, 1.807) is 24.3 Å². The van der Waals surface area contributed by atoms with Gasteiger partial charge >= 0.3 is 5.97 Å². The fourth-order valence-corrected chi connectivity index (χ4v) is 1.73. The molecule has 0 aromatic heterocycles. The quantitative estimate of drug-likeness (QED) is 0.794. The predicted molar refractivity (Wildman–Crippen MR) is 72.3 cm³/mol. The summed E-state index contributed by atoms with van der Waals surface area (Å²) in [6.45, 7) is 3.49. The van der Waals surface area contributed by atoms with E-state index < -0.39 is 12.6 Å². The van der Waals surface area contributed by atoms with Gasteiger partial charge in [-0.25, -0.2) is 4.79 Å². The Morgan fingerprint density at radius 1 is 1.26 bits per heavy atom. The van der Waals surface area contributed by atoms with E-state index in [9.17, 15) is 9.59 Å². The van der Waals surface area contributed by atoms with Crippen molar-refractivity contribution in [2.24, 2.45) is 5.92 Å². The van der Waals surface area contributed by atoms with Gasteiger partial charge in [0.2, 0.25) is 5.91 Å². The summed E-state index contributed by atoms with van der Waals surface area (Å²) >= 11 is 0. The minimum atomic E-state index is -1.05. The smallest absolute Gasteiger partial charge is 0.341 e. The molecule has 1 aromatic rings. The van der Waals surface area contributed by atoms with E-state index in [0.717, 1.165) is 12.8 Å². The van der Waals surface area contributed by atoms with E-state index in [0.29, 0.717) is 11.4 Å². The molecule has 1 amide bonds. The number of nitrogens with one attached hydrogen (secondary N) is 1. The Hall–Kier alpha value is -2.04. The molecule has 1 aromatic carbocycles. The topological polar surface area (TPSA) is 75.6 Å². The van der Waals surface area contributed by atoms with Gasteiger partial charge < -0.3 is 15.2 Å². The molecule has 5 heteroatoms. The van der Waals surface area contributed by atoms with Crippen LogP contribution >= 0.6 is 0 Å². The van der Waals surface area contributed by atoms with Gasteiger partial charge in [-0.2, -0.15) is 0 Å². The van der Waals surface area contributed by atoms with Crippen LogP contribution < -0.4 is 10.1 Å². The zero-order chi connectivity index (χ0) is 14.3. The van der Waals surface area contributed by atoms with Gasteiger partial charge in [0.25, 0.3) is 0 Å². The van der Waals surface area contributed by atoms with Crippen molar-refractivity contribution in [1.29, 1.82) is 0 Å². The van der Waals surface area contributed by atoms with Crippen LogP contribution in [0.3, 0.4) is 0 Å². The number of carboxylic acids is 1. The Morgan fingerprint density at radius 3 is 2.47 bits per heavy atom. The summed E-state index contributed by atoms with van der Waals surface area (Å²) in [5, 5.41) is 11.4. The minimum absolute atomic E-state index is 0.0486. The van der Waals surface area contributed by atoms with Crippen LogP contribution in [-0.4, -0.2) is 23.6 Å². The summed E-state index contributed by atoms with van der Waals surface area (Å²) in [7, 11) is 0. The average Bonchev–Trinajstić information content (AvgIpc) is 2.39. The third kappa shape index (κ3) is 4.62. The van der Waals surface area contributed by atoms with Gasteiger partial charge in [0.1, 0.15) is 5.75 Å². The Morgan fingerprint density at radius 2 is 1.89 bits per heavy atom. The van der Waals surface area contributed by atoms with E-state index in [-0.39, 0.29) is 11.8 Å². The summed E-state index contributed by atoms with van der Waals surface area (Å²) in [5.41, 5.74) is 0.501. The van der Waals surface area contributed by atoms with Crippen molar-refractivity contribution in [3.63, 3.8) is 0 Å². The van der Waals surface area contributed by atoms with Gasteiger partial charge in [0, 0.05) is 5.92 Å². The summed E-state index contributed by atoms with van der Waals surface area (Å²) in [4.78, 5) is 22.5. The molecule has 0 fully saturated rings. The number of rotatable bonds is 7. The maximum Gasteiger partial charge on any atom is 0.341 e. The molecule has 5 nitrogen and oxygen atoms in total. The number of anilines is 1. The van der Waals surface area contributed by atoms with Crippen LogP contribution in [0.2, 0.25) is 0 Å². The molecule has 0 aliphatic carbocycles. The van der Waals surface area contributed by atoms with E-state index >= 15 is 0 Å². The van der Waals surface area contributed by atoms with Gasteiger partial charge in [-0.15, -0.1) is 0 Å². The molecule has 0 unspecified atom stereocenters. The first-order valence-electron chi connectivity index (χ1n) is 6.32. The number of hydrogen-bond acceptors (Lipinski definition) is 3. The monoisotopic (exact) mass is 265 g/mol. The van der Waals surface area contributed by atoms with Gasteiger partial charge in [-0.05, 0) is 25.0 Å². The first kappa shape index (κ1) is 15.0. The largest absolute Gasteiger partial charge is 0.480 e. The lowest BCUT2D eigenvalue weighted by Crippen LogP contribution is -2.22. The molecule has 0 bridgehead atoms. The van der Waals surface area contributed by atoms with E-state index in [4.69, 9.17) is 9.84 Å². The Balaban J connectivity index is 2.77. The summed E-state index contributed by atoms with van der Waals surface area (Å²) < 4.78 is 5.13. The second-order valence-corrected chi connectivity index (χ2v) is 4.18. The first-order valence-corrected chi connectivity index (χ1v) is 6.32. The van der Waals surface area contributed by atoms with Crippen molar-refractivity contribution in [2.75, 3.05) is 11.9 Å².